The molecule has 0 unspecified atom stereocenters. The zero-order chi connectivity index (χ0) is 17.7. The molecule has 0 fully saturated rings. The van der Waals surface area contributed by atoms with Crippen LogP contribution in [0.4, 0.5) is 10.1 Å². The normalized spacial score (nSPS) is 10.1. The number of nitro groups is 1. The van der Waals surface area contributed by atoms with Crippen molar-refractivity contribution in [2.45, 2.75) is 6.61 Å². The Morgan fingerprint density at radius 3 is 2.38 bits per heavy atom. The van der Waals surface area contributed by atoms with Crippen LogP contribution in [0, 0.1) is 15.9 Å². The zero-order valence-corrected chi connectivity index (χ0v) is 12.5. The molecule has 24 heavy (non-hydrogen) atoms. The first-order valence-electron chi connectivity index (χ1n) is 6.70. The van der Waals surface area contributed by atoms with Gasteiger partial charge in [0.15, 0.2) is 0 Å². The Balaban J connectivity index is 2.23. The van der Waals surface area contributed by atoms with Crippen LogP contribution in [-0.4, -0.2) is 24.0 Å². The molecule has 0 radical (unpaired) electrons. The average Bonchev–Trinajstić information content (AvgIpc) is 2.58. The van der Waals surface area contributed by atoms with E-state index in [4.69, 9.17) is 4.74 Å². The van der Waals surface area contributed by atoms with E-state index in [2.05, 4.69) is 4.74 Å². The molecule has 0 saturated heterocycles. The molecule has 0 amide bonds. The maximum Gasteiger partial charge on any atom is 0.338 e. The van der Waals surface area contributed by atoms with Crippen molar-refractivity contribution >= 4 is 17.6 Å². The second-order valence-electron chi connectivity index (χ2n) is 4.72. The number of carbonyl (C=O) groups excluding carboxylic acids is 2. The molecule has 7 nitrogen and oxygen atoms in total. The topological polar surface area (TPSA) is 95.7 Å². The summed E-state index contributed by atoms with van der Waals surface area (Å²) in [7, 11) is 1.11. The van der Waals surface area contributed by atoms with Crippen molar-refractivity contribution in [3.63, 3.8) is 0 Å². The molecule has 0 aliphatic heterocycles. The molecule has 0 spiro atoms. The highest BCUT2D eigenvalue weighted by Crippen LogP contribution is 2.19. The minimum absolute atomic E-state index is 0.149. The van der Waals surface area contributed by atoms with Crippen LogP contribution in [0.5, 0.6) is 0 Å². The summed E-state index contributed by atoms with van der Waals surface area (Å²) in [4.78, 5) is 33.8. The fourth-order valence-electron chi connectivity index (χ4n) is 1.93. The van der Waals surface area contributed by atoms with Crippen LogP contribution < -0.4 is 0 Å². The number of methoxy groups -OCH3 is 1. The van der Waals surface area contributed by atoms with Crippen LogP contribution in [0.1, 0.15) is 26.3 Å². The van der Waals surface area contributed by atoms with Crippen molar-refractivity contribution in [3.05, 3.63) is 75.1 Å². The number of nitro benzene ring substituents is 1. The number of ether oxygens (including phenoxy) is 2. The van der Waals surface area contributed by atoms with Crippen LogP contribution in [0.15, 0.2) is 42.5 Å². The minimum Gasteiger partial charge on any atom is -0.465 e. The highest BCUT2D eigenvalue weighted by atomic mass is 19.1. The third kappa shape index (κ3) is 4.13. The van der Waals surface area contributed by atoms with Crippen molar-refractivity contribution in [2.24, 2.45) is 0 Å². The summed E-state index contributed by atoms with van der Waals surface area (Å²) in [5.41, 5.74) is -0.358. The molecule has 0 saturated carbocycles. The quantitative estimate of drug-likeness (QED) is 0.474. The maximum absolute atomic E-state index is 13.1. The molecule has 2 aromatic carbocycles. The summed E-state index contributed by atoms with van der Waals surface area (Å²) in [6.45, 7) is -0.215. The number of non-ortho nitro benzene ring substituents is 1. The monoisotopic (exact) mass is 333 g/mol. The zero-order valence-electron chi connectivity index (χ0n) is 12.5. The molecule has 0 aliphatic rings. The molecule has 124 valence electrons. The third-order valence-corrected chi connectivity index (χ3v) is 3.04. The van der Waals surface area contributed by atoms with E-state index >= 15 is 0 Å². The first-order chi connectivity index (χ1) is 11.4. The molecule has 0 aromatic heterocycles. The van der Waals surface area contributed by atoms with E-state index in [1.54, 1.807) is 6.07 Å². The SMILES string of the molecule is COC(=O)c1cc(C(=O)OCc2cccc(F)c2)cc([N+](=O)[O-])c1. The van der Waals surface area contributed by atoms with E-state index in [9.17, 15) is 24.1 Å². The van der Waals surface area contributed by atoms with Gasteiger partial charge in [0, 0.05) is 12.1 Å². The molecular formula is C16H12FNO6. The number of benzene rings is 2. The largest absolute Gasteiger partial charge is 0.465 e. The second kappa shape index (κ2) is 7.32. The summed E-state index contributed by atoms with van der Waals surface area (Å²) in [6.07, 6.45) is 0. The van der Waals surface area contributed by atoms with Gasteiger partial charge in [-0.3, -0.25) is 10.1 Å². The van der Waals surface area contributed by atoms with Crippen molar-refractivity contribution in [1.82, 2.24) is 0 Å². The van der Waals surface area contributed by atoms with Crippen LogP contribution in [-0.2, 0) is 16.1 Å². The van der Waals surface area contributed by atoms with Crippen LogP contribution in [0.25, 0.3) is 0 Å². The summed E-state index contributed by atoms with van der Waals surface area (Å²) in [5, 5.41) is 10.9. The predicted octanol–water partition coefficient (Wildman–Crippen LogP) is 2.88. The number of hydrogen-bond acceptors (Lipinski definition) is 6. The summed E-state index contributed by atoms with van der Waals surface area (Å²) in [5.74, 6) is -2.18. The van der Waals surface area contributed by atoms with Crippen molar-refractivity contribution < 1.29 is 28.4 Å². The van der Waals surface area contributed by atoms with Gasteiger partial charge in [-0.25, -0.2) is 14.0 Å². The smallest absolute Gasteiger partial charge is 0.338 e. The number of carbonyl (C=O) groups is 2. The van der Waals surface area contributed by atoms with Gasteiger partial charge in [0.1, 0.15) is 12.4 Å². The molecule has 0 heterocycles. The van der Waals surface area contributed by atoms with Gasteiger partial charge in [0.25, 0.3) is 5.69 Å². The van der Waals surface area contributed by atoms with Gasteiger partial charge in [0.05, 0.1) is 23.2 Å². The summed E-state index contributed by atoms with van der Waals surface area (Å²) < 4.78 is 22.6. The molecule has 2 aromatic rings. The lowest BCUT2D eigenvalue weighted by Gasteiger charge is -2.07. The Morgan fingerprint density at radius 1 is 1.12 bits per heavy atom. The lowest BCUT2D eigenvalue weighted by Crippen LogP contribution is -2.09. The number of rotatable bonds is 5. The van der Waals surface area contributed by atoms with Gasteiger partial charge in [-0.15, -0.1) is 0 Å². The van der Waals surface area contributed by atoms with E-state index in [1.807, 2.05) is 0 Å². The van der Waals surface area contributed by atoms with Gasteiger partial charge in [-0.1, -0.05) is 12.1 Å². The second-order valence-corrected chi connectivity index (χ2v) is 4.72. The summed E-state index contributed by atoms with van der Waals surface area (Å²) >= 11 is 0. The van der Waals surface area contributed by atoms with Gasteiger partial charge >= 0.3 is 11.9 Å². The Kier molecular flexibility index (Phi) is 5.20. The Morgan fingerprint density at radius 2 is 1.79 bits per heavy atom. The molecule has 2 rings (SSSR count). The fraction of sp³-hybridized carbons (Fsp3) is 0.125. The molecule has 0 aliphatic carbocycles. The fourth-order valence-corrected chi connectivity index (χ4v) is 1.93. The molecule has 8 heteroatoms. The average molecular weight is 333 g/mol. The molecule has 0 bridgehead atoms. The van der Waals surface area contributed by atoms with E-state index in [0.717, 1.165) is 25.3 Å². The minimum atomic E-state index is -0.881. The van der Waals surface area contributed by atoms with Crippen molar-refractivity contribution in [3.8, 4) is 0 Å². The summed E-state index contributed by atoms with van der Waals surface area (Å²) in [6, 6.07) is 8.57. The number of hydrogen-bond donors (Lipinski definition) is 0. The Bertz CT molecular complexity index is 805. The maximum atomic E-state index is 13.1. The molecule has 0 atom stereocenters. The predicted molar refractivity (Wildman–Crippen MR) is 80.0 cm³/mol. The highest BCUT2D eigenvalue weighted by Gasteiger charge is 2.19. The first-order valence-corrected chi connectivity index (χ1v) is 6.70. The standard InChI is InChI=1S/C16H12FNO6/c1-23-15(19)11-6-12(8-14(7-11)18(21)22)16(20)24-9-10-3-2-4-13(17)5-10/h2-8H,9H2,1H3. The first kappa shape index (κ1) is 17.1. The Hall–Kier alpha value is -3.29. The van der Waals surface area contributed by atoms with E-state index in [0.29, 0.717) is 5.56 Å². The van der Waals surface area contributed by atoms with Gasteiger partial charge < -0.3 is 9.47 Å². The molecular weight excluding hydrogens is 321 g/mol. The van der Waals surface area contributed by atoms with Crippen LogP contribution in [0.3, 0.4) is 0 Å². The van der Waals surface area contributed by atoms with E-state index in [1.165, 1.54) is 18.2 Å². The van der Waals surface area contributed by atoms with E-state index < -0.39 is 28.4 Å². The molecule has 0 N–H and O–H groups in total. The third-order valence-electron chi connectivity index (χ3n) is 3.04. The highest BCUT2D eigenvalue weighted by molar-refractivity contribution is 5.96. The van der Waals surface area contributed by atoms with Crippen molar-refractivity contribution in [2.75, 3.05) is 7.11 Å². The van der Waals surface area contributed by atoms with Gasteiger partial charge in [-0.05, 0) is 23.8 Å². The van der Waals surface area contributed by atoms with Gasteiger partial charge in [-0.2, -0.15) is 0 Å². The van der Waals surface area contributed by atoms with Crippen molar-refractivity contribution in [1.29, 1.82) is 0 Å². The van der Waals surface area contributed by atoms with E-state index in [-0.39, 0.29) is 17.7 Å². The van der Waals surface area contributed by atoms with Gasteiger partial charge in [0.2, 0.25) is 0 Å². The van der Waals surface area contributed by atoms with Crippen LogP contribution in [0.2, 0.25) is 0 Å². The number of nitrogens with zero attached hydrogens (tertiary/aromatic N) is 1. The lowest BCUT2D eigenvalue weighted by atomic mass is 10.1. The Labute approximate surface area is 135 Å². The lowest BCUT2D eigenvalue weighted by molar-refractivity contribution is -0.384. The van der Waals surface area contributed by atoms with Crippen LogP contribution >= 0.6 is 0 Å². The number of halogens is 1. The number of esters is 2.